The SMILES string of the molecule is Cc1ccc(OCCCCS(=O)(=O)Nc2ccc(NNC(=O)C(F)C(=O)O)cc2C)c(C)c1. The molecule has 0 fully saturated rings. The van der Waals surface area contributed by atoms with Crippen LogP contribution in [0.1, 0.15) is 29.5 Å². The molecule has 0 heterocycles. The summed E-state index contributed by atoms with van der Waals surface area (Å²) in [4.78, 5) is 21.8. The van der Waals surface area contributed by atoms with Crippen LogP contribution in [0.5, 0.6) is 5.75 Å². The van der Waals surface area contributed by atoms with E-state index in [0.717, 1.165) is 16.9 Å². The highest BCUT2D eigenvalue weighted by Crippen LogP contribution is 2.21. The third-order valence-corrected chi connectivity index (χ3v) is 6.02. The molecule has 11 heteroatoms. The highest BCUT2D eigenvalue weighted by Gasteiger charge is 2.25. The molecule has 9 nitrogen and oxygen atoms in total. The summed E-state index contributed by atoms with van der Waals surface area (Å²) in [7, 11) is -3.59. The maximum absolute atomic E-state index is 13.1. The maximum Gasteiger partial charge on any atom is 0.348 e. The van der Waals surface area contributed by atoms with Gasteiger partial charge in [-0.2, -0.15) is 0 Å². The number of sulfonamides is 1. The molecule has 1 amide bonds. The van der Waals surface area contributed by atoms with Crippen molar-refractivity contribution in [2.75, 3.05) is 22.5 Å². The number of alkyl halides is 1. The standard InChI is InChI=1S/C22H28FN3O6S/c1-14-6-9-19(16(3)12-14)32-10-4-5-11-33(30,31)26-18-8-7-17(13-15(18)2)24-25-21(27)20(23)22(28)29/h6-9,12-13,20,24,26H,4-5,10-11H2,1-3H3,(H,25,27)(H,28,29). The van der Waals surface area contributed by atoms with Gasteiger partial charge in [0.1, 0.15) is 5.75 Å². The minimum Gasteiger partial charge on any atom is -0.493 e. The summed E-state index contributed by atoms with van der Waals surface area (Å²) in [5, 5.41) is 8.47. The number of carboxylic acid groups (broad SMARTS) is 1. The number of hydrazine groups is 1. The van der Waals surface area contributed by atoms with Crippen LogP contribution in [0.2, 0.25) is 0 Å². The average molecular weight is 482 g/mol. The molecule has 2 rings (SSSR count). The van der Waals surface area contributed by atoms with E-state index >= 15 is 0 Å². The Labute approximate surface area is 192 Å². The van der Waals surface area contributed by atoms with Gasteiger partial charge in [-0.3, -0.25) is 20.4 Å². The normalized spacial score (nSPS) is 12.0. The molecule has 0 aromatic heterocycles. The highest BCUT2D eigenvalue weighted by molar-refractivity contribution is 7.92. The van der Waals surface area contributed by atoms with Crippen LogP contribution in [-0.4, -0.2) is 43.9 Å². The summed E-state index contributed by atoms with van der Waals surface area (Å²) in [5.74, 6) is -2.54. The van der Waals surface area contributed by atoms with E-state index in [1.165, 1.54) is 18.2 Å². The number of aliphatic carboxylic acids is 1. The van der Waals surface area contributed by atoms with Crippen molar-refractivity contribution in [2.45, 2.75) is 39.8 Å². The molecule has 33 heavy (non-hydrogen) atoms. The van der Waals surface area contributed by atoms with Gasteiger partial charge in [0.2, 0.25) is 10.0 Å². The number of amides is 1. The number of rotatable bonds is 12. The Bertz CT molecular complexity index is 1110. The molecule has 0 saturated carbocycles. The zero-order valence-electron chi connectivity index (χ0n) is 18.6. The molecule has 0 aliphatic carbocycles. The van der Waals surface area contributed by atoms with Gasteiger partial charge in [0.05, 0.1) is 23.7 Å². The van der Waals surface area contributed by atoms with E-state index in [2.05, 4.69) is 10.1 Å². The molecule has 2 aromatic carbocycles. The van der Waals surface area contributed by atoms with E-state index in [9.17, 15) is 22.4 Å². The Kier molecular flexibility index (Phi) is 9.03. The molecular weight excluding hydrogens is 453 g/mol. The minimum absolute atomic E-state index is 0.0776. The van der Waals surface area contributed by atoms with Gasteiger partial charge >= 0.3 is 5.97 Å². The fourth-order valence-electron chi connectivity index (χ4n) is 2.92. The van der Waals surface area contributed by atoms with E-state index in [1.54, 1.807) is 6.92 Å². The van der Waals surface area contributed by atoms with Crippen LogP contribution < -0.4 is 20.3 Å². The van der Waals surface area contributed by atoms with Crippen molar-refractivity contribution in [3.05, 3.63) is 53.1 Å². The zero-order valence-corrected chi connectivity index (χ0v) is 19.5. The number of aryl methyl sites for hydroxylation is 3. The largest absolute Gasteiger partial charge is 0.493 e. The summed E-state index contributed by atoms with van der Waals surface area (Å²) in [6.07, 6.45) is -1.71. The summed E-state index contributed by atoms with van der Waals surface area (Å²) in [6.45, 7) is 6.02. The van der Waals surface area contributed by atoms with Crippen LogP contribution in [-0.2, 0) is 19.6 Å². The predicted octanol–water partition coefficient (Wildman–Crippen LogP) is 3.08. The van der Waals surface area contributed by atoms with E-state index < -0.39 is 28.1 Å². The number of nitrogens with one attached hydrogen (secondary N) is 3. The molecule has 0 spiro atoms. The number of carbonyl (C=O) groups is 2. The fourth-order valence-corrected chi connectivity index (χ4v) is 4.17. The molecule has 0 bridgehead atoms. The highest BCUT2D eigenvalue weighted by atomic mass is 32.2. The van der Waals surface area contributed by atoms with Gasteiger partial charge in [0.25, 0.3) is 12.1 Å². The smallest absolute Gasteiger partial charge is 0.348 e. The molecule has 0 saturated heterocycles. The number of carbonyl (C=O) groups excluding carboxylic acids is 1. The van der Waals surface area contributed by atoms with E-state index in [-0.39, 0.29) is 5.75 Å². The van der Waals surface area contributed by atoms with Crippen molar-refractivity contribution in [2.24, 2.45) is 0 Å². The van der Waals surface area contributed by atoms with Crippen LogP contribution in [0.15, 0.2) is 36.4 Å². The van der Waals surface area contributed by atoms with Gasteiger partial charge in [0, 0.05) is 0 Å². The Balaban J connectivity index is 1.81. The van der Waals surface area contributed by atoms with Crippen molar-refractivity contribution >= 4 is 33.3 Å². The fraction of sp³-hybridized carbons (Fsp3) is 0.364. The number of hydrogen-bond acceptors (Lipinski definition) is 6. The number of benzene rings is 2. The maximum atomic E-state index is 13.1. The first-order chi connectivity index (χ1) is 15.5. The number of ether oxygens (including phenoxy) is 1. The van der Waals surface area contributed by atoms with Crippen LogP contribution in [0.3, 0.4) is 0 Å². The molecule has 4 N–H and O–H groups in total. The third kappa shape index (κ3) is 8.26. The average Bonchev–Trinajstić information content (AvgIpc) is 2.74. The molecule has 180 valence electrons. The Morgan fingerprint density at radius 3 is 2.42 bits per heavy atom. The Hall–Kier alpha value is -3.34. The number of halogens is 1. The number of carboxylic acids is 1. The summed E-state index contributed by atoms with van der Waals surface area (Å²) < 4.78 is 46.1. The van der Waals surface area contributed by atoms with E-state index in [4.69, 9.17) is 9.84 Å². The second-order valence-corrected chi connectivity index (χ2v) is 9.43. The summed E-state index contributed by atoms with van der Waals surface area (Å²) >= 11 is 0. The second kappa shape index (κ2) is 11.5. The molecule has 1 unspecified atom stereocenters. The van der Waals surface area contributed by atoms with E-state index in [1.807, 2.05) is 37.5 Å². The minimum atomic E-state index is -3.59. The molecule has 2 aromatic rings. The summed E-state index contributed by atoms with van der Waals surface area (Å²) in [5.41, 5.74) is 7.73. The van der Waals surface area contributed by atoms with Crippen LogP contribution in [0.4, 0.5) is 15.8 Å². The lowest BCUT2D eigenvalue weighted by Crippen LogP contribution is -2.40. The molecular formula is C22H28FN3O6S. The van der Waals surface area contributed by atoms with Crippen molar-refractivity contribution in [1.82, 2.24) is 5.43 Å². The van der Waals surface area contributed by atoms with Gasteiger partial charge in [-0.15, -0.1) is 0 Å². The number of anilines is 2. The zero-order chi connectivity index (χ0) is 24.6. The lowest BCUT2D eigenvalue weighted by Gasteiger charge is -2.14. The topological polar surface area (TPSA) is 134 Å². The Morgan fingerprint density at radius 1 is 1.06 bits per heavy atom. The van der Waals surface area contributed by atoms with Crippen LogP contribution >= 0.6 is 0 Å². The predicted molar refractivity (Wildman–Crippen MR) is 124 cm³/mol. The van der Waals surface area contributed by atoms with Crippen LogP contribution in [0, 0.1) is 20.8 Å². The lowest BCUT2D eigenvalue weighted by molar-refractivity contribution is -0.148. The van der Waals surface area contributed by atoms with Gasteiger partial charge < -0.3 is 9.84 Å². The van der Waals surface area contributed by atoms with Crippen molar-refractivity contribution in [3.63, 3.8) is 0 Å². The van der Waals surface area contributed by atoms with Crippen molar-refractivity contribution in [1.29, 1.82) is 0 Å². The van der Waals surface area contributed by atoms with Gasteiger partial charge in [-0.25, -0.2) is 17.6 Å². The lowest BCUT2D eigenvalue weighted by atomic mass is 10.1. The first kappa shape index (κ1) is 25.9. The summed E-state index contributed by atoms with van der Waals surface area (Å²) in [6, 6.07) is 10.3. The molecule has 1 atom stereocenters. The number of hydrogen-bond donors (Lipinski definition) is 4. The monoisotopic (exact) mass is 481 g/mol. The first-order valence-electron chi connectivity index (χ1n) is 10.2. The Morgan fingerprint density at radius 2 is 1.79 bits per heavy atom. The second-order valence-electron chi connectivity index (χ2n) is 7.59. The first-order valence-corrected chi connectivity index (χ1v) is 11.9. The van der Waals surface area contributed by atoms with E-state index in [0.29, 0.717) is 36.4 Å². The van der Waals surface area contributed by atoms with Crippen molar-refractivity contribution < 1.29 is 32.2 Å². The van der Waals surface area contributed by atoms with Gasteiger partial charge in [0.15, 0.2) is 0 Å². The quantitative estimate of drug-likeness (QED) is 0.208. The van der Waals surface area contributed by atoms with Crippen LogP contribution in [0.25, 0.3) is 0 Å². The molecule has 0 aliphatic rings. The molecule has 0 radical (unpaired) electrons. The van der Waals surface area contributed by atoms with Crippen molar-refractivity contribution in [3.8, 4) is 5.75 Å². The van der Waals surface area contributed by atoms with Gasteiger partial charge in [-0.05, 0) is 69.0 Å². The third-order valence-electron chi connectivity index (χ3n) is 4.66. The number of unbranched alkanes of at least 4 members (excludes halogenated alkanes) is 1. The molecule has 0 aliphatic heterocycles. The van der Waals surface area contributed by atoms with Gasteiger partial charge in [-0.1, -0.05) is 17.7 Å².